The zero-order chi connectivity index (χ0) is 12.3. The van der Waals surface area contributed by atoms with Crippen LogP contribution < -0.4 is 0 Å². The van der Waals surface area contributed by atoms with E-state index in [2.05, 4.69) is 37.2 Å². The number of aromatic amines is 1. The summed E-state index contributed by atoms with van der Waals surface area (Å²) < 4.78 is 8.62. The van der Waals surface area contributed by atoms with Gasteiger partial charge in [0.1, 0.15) is 0 Å². The molecule has 0 aliphatic heterocycles. The molecule has 3 nitrogen and oxygen atoms in total. The summed E-state index contributed by atoms with van der Waals surface area (Å²) in [5.41, 5.74) is 1.05. The molecule has 1 rings (SSSR count). The summed E-state index contributed by atoms with van der Waals surface area (Å²) in [5, 5.41) is 0. The molecule has 0 unspecified atom stereocenters. The maximum absolute atomic E-state index is 5.71. The Labute approximate surface area is 103 Å². The van der Waals surface area contributed by atoms with E-state index in [1.165, 1.54) is 5.69 Å². The fraction of sp³-hybridized carbons (Fsp3) is 0.750. The van der Waals surface area contributed by atoms with E-state index >= 15 is 0 Å². The Bertz CT molecular complexity index is 390. The van der Waals surface area contributed by atoms with Gasteiger partial charge in [0.15, 0.2) is 4.77 Å². The average Bonchev–Trinajstić information content (AvgIpc) is 2.47. The Morgan fingerprint density at radius 1 is 1.50 bits per heavy atom. The number of H-pyrrole nitrogens is 1. The van der Waals surface area contributed by atoms with Gasteiger partial charge < -0.3 is 14.3 Å². The fourth-order valence-corrected chi connectivity index (χ4v) is 2.10. The van der Waals surface area contributed by atoms with Crippen molar-refractivity contribution in [1.82, 2.24) is 9.55 Å². The highest BCUT2D eigenvalue weighted by Crippen LogP contribution is 2.19. The predicted molar refractivity (Wildman–Crippen MR) is 69.4 cm³/mol. The lowest BCUT2D eigenvalue weighted by Crippen LogP contribution is -2.31. The maximum atomic E-state index is 5.71. The summed E-state index contributed by atoms with van der Waals surface area (Å²) >= 11 is 5.30. The van der Waals surface area contributed by atoms with Crippen LogP contribution in [-0.2, 0) is 11.3 Å². The number of hydrogen-bond acceptors (Lipinski definition) is 2. The molecule has 0 atom stereocenters. The lowest BCUT2D eigenvalue weighted by Gasteiger charge is -2.26. The number of aromatic nitrogens is 2. The molecule has 1 aromatic heterocycles. The number of hydrogen-bond donors (Lipinski definition) is 1. The zero-order valence-electron chi connectivity index (χ0n) is 10.8. The first-order valence-corrected chi connectivity index (χ1v) is 6.20. The largest absolute Gasteiger partial charge is 0.374 e. The summed E-state index contributed by atoms with van der Waals surface area (Å²) in [4.78, 5) is 3.11. The molecule has 0 fully saturated rings. The van der Waals surface area contributed by atoms with Gasteiger partial charge in [-0.15, -0.1) is 0 Å². The van der Waals surface area contributed by atoms with Crippen molar-refractivity contribution in [3.63, 3.8) is 0 Å². The molecule has 0 aromatic carbocycles. The Hall–Kier alpha value is -0.610. The minimum atomic E-state index is -0.182. The maximum Gasteiger partial charge on any atom is 0.177 e. The zero-order valence-corrected chi connectivity index (χ0v) is 11.6. The Kier molecular flexibility index (Phi) is 4.33. The molecule has 0 bridgehead atoms. The molecule has 4 heteroatoms. The van der Waals surface area contributed by atoms with Crippen LogP contribution in [-0.4, -0.2) is 21.8 Å². The van der Waals surface area contributed by atoms with Crippen LogP contribution in [0.4, 0.5) is 0 Å². The first-order chi connectivity index (χ1) is 7.37. The number of imidazole rings is 1. The highest BCUT2D eigenvalue weighted by molar-refractivity contribution is 7.71. The molecule has 0 spiro atoms. The van der Waals surface area contributed by atoms with Crippen LogP contribution in [0.5, 0.6) is 0 Å². The van der Waals surface area contributed by atoms with Crippen molar-refractivity contribution in [2.24, 2.45) is 0 Å². The SMILES string of the molecule is CCOC(C)(C)Cn1c(C(C)C)c[nH]c1=S. The predicted octanol–water partition coefficient (Wildman–Crippen LogP) is 3.48. The third kappa shape index (κ3) is 3.19. The van der Waals surface area contributed by atoms with Crippen molar-refractivity contribution < 1.29 is 4.74 Å². The van der Waals surface area contributed by atoms with Gasteiger partial charge in [0.25, 0.3) is 0 Å². The summed E-state index contributed by atoms with van der Waals surface area (Å²) in [6.45, 7) is 12.1. The normalized spacial score (nSPS) is 12.4. The first-order valence-electron chi connectivity index (χ1n) is 5.79. The molecule has 0 radical (unpaired) electrons. The van der Waals surface area contributed by atoms with Crippen molar-refractivity contribution in [3.8, 4) is 0 Å². The second-order valence-electron chi connectivity index (χ2n) is 4.95. The number of nitrogens with one attached hydrogen (secondary N) is 1. The molecule has 0 saturated carbocycles. The lowest BCUT2D eigenvalue weighted by molar-refractivity contribution is -0.0232. The Morgan fingerprint density at radius 3 is 2.62 bits per heavy atom. The van der Waals surface area contributed by atoms with Gasteiger partial charge in [-0.05, 0) is 38.9 Å². The summed E-state index contributed by atoms with van der Waals surface area (Å²) in [6, 6.07) is 0. The first kappa shape index (κ1) is 13.5. The van der Waals surface area contributed by atoms with E-state index in [4.69, 9.17) is 17.0 Å². The molecule has 0 aliphatic carbocycles. The standard InChI is InChI=1S/C12H22N2OS/c1-6-15-12(4,5)8-14-10(9(2)3)7-13-11(14)16/h7,9H,6,8H2,1-5H3,(H,13,16). The quantitative estimate of drug-likeness (QED) is 0.801. The third-order valence-corrected chi connectivity index (χ3v) is 2.90. The molecule has 1 N–H and O–H groups in total. The van der Waals surface area contributed by atoms with Crippen molar-refractivity contribution in [2.75, 3.05) is 6.61 Å². The monoisotopic (exact) mass is 242 g/mol. The minimum Gasteiger partial charge on any atom is -0.374 e. The van der Waals surface area contributed by atoms with E-state index in [9.17, 15) is 0 Å². The molecule has 0 saturated heterocycles. The van der Waals surface area contributed by atoms with E-state index in [1.807, 2.05) is 13.1 Å². The van der Waals surface area contributed by atoms with Gasteiger partial charge >= 0.3 is 0 Å². The van der Waals surface area contributed by atoms with Crippen LogP contribution in [0.15, 0.2) is 6.20 Å². The van der Waals surface area contributed by atoms with Crippen LogP contribution in [0.3, 0.4) is 0 Å². The van der Waals surface area contributed by atoms with Crippen LogP contribution >= 0.6 is 12.2 Å². The van der Waals surface area contributed by atoms with Gasteiger partial charge in [-0.2, -0.15) is 0 Å². The molecular formula is C12H22N2OS. The van der Waals surface area contributed by atoms with Crippen molar-refractivity contribution in [2.45, 2.75) is 52.7 Å². The van der Waals surface area contributed by atoms with Gasteiger partial charge in [0, 0.05) is 18.5 Å². The van der Waals surface area contributed by atoms with Crippen LogP contribution in [0, 0.1) is 4.77 Å². The summed E-state index contributed by atoms with van der Waals surface area (Å²) in [7, 11) is 0. The van der Waals surface area contributed by atoms with Crippen LogP contribution in [0.1, 0.15) is 46.2 Å². The minimum absolute atomic E-state index is 0.182. The summed E-state index contributed by atoms with van der Waals surface area (Å²) in [5.74, 6) is 0.463. The topological polar surface area (TPSA) is 29.9 Å². The fourth-order valence-electron chi connectivity index (χ4n) is 1.87. The van der Waals surface area contributed by atoms with E-state index in [0.29, 0.717) is 5.92 Å². The van der Waals surface area contributed by atoms with Gasteiger partial charge in [-0.25, -0.2) is 0 Å². The highest BCUT2D eigenvalue weighted by Gasteiger charge is 2.21. The lowest BCUT2D eigenvalue weighted by atomic mass is 10.1. The van der Waals surface area contributed by atoms with Gasteiger partial charge in [-0.1, -0.05) is 13.8 Å². The molecule has 92 valence electrons. The molecule has 1 aromatic rings. The molecule has 1 heterocycles. The molecular weight excluding hydrogens is 220 g/mol. The number of nitrogens with zero attached hydrogens (tertiary/aromatic N) is 1. The summed E-state index contributed by atoms with van der Waals surface area (Å²) in [6.07, 6.45) is 2.00. The highest BCUT2D eigenvalue weighted by atomic mass is 32.1. The van der Waals surface area contributed by atoms with Gasteiger partial charge in [-0.3, -0.25) is 0 Å². The number of ether oxygens (including phenoxy) is 1. The second-order valence-corrected chi connectivity index (χ2v) is 5.34. The smallest absolute Gasteiger partial charge is 0.177 e. The van der Waals surface area contributed by atoms with Crippen molar-refractivity contribution >= 4 is 12.2 Å². The second kappa shape index (κ2) is 5.15. The third-order valence-electron chi connectivity index (χ3n) is 2.57. The number of rotatable bonds is 5. The van der Waals surface area contributed by atoms with Gasteiger partial charge in [0.05, 0.1) is 12.1 Å². The Balaban J connectivity index is 2.96. The van der Waals surface area contributed by atoms with Crippen LogP contribution in [0.2, 0.25) is 0 Å². The molecule has 0 aliphatic rings. The molecule has 16 heavy (non-hydrogen) atoms. The average molecular weight is 242 g/mol. The van der Waals surface area contributed by atoms with E-state index in [-0.39, 0.29) is 5.60 Å². The van der Waals surface area contributed by atoms with Crippen molar-refractivity contribution in [1.29, 1.82) is 0 Å². The van der Waals surface area contributed by atoms with E-state index in [0.717, 1.165) is 17.9 Å². The van der Waals surface area contributed by atoms with Crippen LogP contribution in [0.25, 0.3) is 0 Å². The van der Waals surface area contributed by atoms with Crippen molar-refractivity contribution in [3.05, 3.63) is 16.7 Å². The van der Waals surface area contributed by atoms with Gasteiger partial charge in [0.2, 0.25) is 0 Å². The molecule has 0 amide bonds. The van der Waals surface area contributed by atoms with E-state index < -0.39 is 0 Å². The Morgan fingerprint density at radius 2 is 2.12 bits per heavy atom. The van der Waals surface area contributed by atoms with E-state index in [1.54, 1.807) is 0 Å².